The highest BCUT2D eigenvalue weighted by Gasteiger charge is 2.14. The number of carbonyl (C=O) groups is 2. The molecule has 3 aromatic carbocycles. The third-order valence-electron chi connectivity index (χ3n) is 5.24. The van der Waals surface area contributed by atoms with Crippen LogP contribution in [0.5, 0.6) is 11.5 Å². The highest BCUT2D eigenvalue weighted by molar-refractivity contribution is 9.10. The number of benzene rings is 3. The van der Waals surface area contributed by atoms with Crippen LogP contribution in [0.15, 0.2) is 59.1 Å². The smallest absolute Gasteiger partial charge is 0.349 e. The van der Waals surface area contributed by atoms with E-state index >= 15 is 0 Å². The zero-order chi connectivity index (χ0) is 24.1. The molecular formula is C27H28BrNO4. The molecule has 6 heteroatoms. The van der Waals surface area contributed by atoms with Crippen LogP contribution in [0.25, 0.3) is 0 Å². The molecule has 33 heavy (non-hydrogen) atoms. The van der Waals surface area contributed by atoms with E-state index in [0.717, 1.165) is 32.4 Å². The van der Waals surface area contributed by atoms with E-state index in [9.17, 15) is 9.59 Å². The second kappa shape index (κ2) is 10.7. The Morgan fingerprint density at radius 1 is 0.939 bits per heavy atom. The molecule has 0 saturated carbocycles. The van der Waals surface area contributed by atoms with Crippen LogP contribution < -0.4 is 14.8 Å². The monoisotopic (exact) mass is 509 g/mol. The van der Waals surface area contributed by atoms with Gasteiger partial charge in [0.15, 0.2) is 6.61 Å². The van der Waals surface area contributed by atoms with E-state index in [-0.39, 0.29) is 18.4 Å². The van der Waals surface area contributed by atoms with Crippen molar-refractivity contribution in [1.82, 2.24) is 0 Å². The maximum atomic E-state index is 12.5. The van der Waals surface area contributed by atoms with E-state index in [1.807, 2.05) is 51.1 Å². The summed E-state index contributed by atoms with van der Waals surface area (Å²) in [6.07, 6.45) is 0. The van der Waals surface area contributed by atoms with Gasteiger partial charge in [-0.2, -0.15) is 0 Å². The van der Waals surface area contributed by atoms with Gasteiger partial charge in [-0.15, -0.1) is 0 Å². The Morgan fingerprint density at radius 2 is 1.64 bits per heavy atom. The molecule has 0 heterocycles. The van der Waals surface area contributed by atoms with Gasteiger partial charge in [-0.1, -0.05) is 47.5 Å². The molecule has 0 aliphatic carbocycles. The van der Waals surface area contributed by atoms with Gasteiger partial charge >= 0.3 is 5.97 Å². The van der Waals surface area contributed by atoms with Crippen LogP contribution in [0.4, 0.5) is 5.69 Å². The van der Waals surface area contributed by atoms with Crippen molar-refractivity contribution in [2.24, 2.45) is 0 Å². The quantitative estimate of drug-likeness (QED) is 0.283. The predicted molar refractivity (Wildman–Crippen MR) is 134 cm³/mol. The second-order valence-electron chi connectivity index (χ2n) is 8.35. The number of esters is 1. The molecule has 0 spiro atoms. The van der Waals surface area contributed by atoms with Crippen molar-refractivity contribution < 1.29 is 19.1 Å². The first-order valence-electron chi connectivity index (χ1n) is 10.8. The van der Waals surface area contributed by atoms with Crippen molar-refractivity contribution in [1.29, 1.82) is 0 Å². The topological polar surface area (TPSA) is 64.6 Å². The summed E-state index contributed by atoms with van der Waals surface area (Å²) in [5, 5.41) is 2.91. The fourth-order valence-corrected chi connectivity index (χ4v) is 3.73. The highest BCUT2D eigenvalue weighted by Crippen LogP contribution is 2.32. The molecule has 0 atom stereocenters. The van der Waals surface area contributed by atoms with E-state index < -0.39 is 5.97 Å². The number of aryl methyl sites for hydroxylation is 3. The largest absolute Gasteiger partial charge is 0.482 e. The highest BCUT2D eigenvalue weighted by atomic mass is 79.9. The first kappa shape index (κ1) is 24.5. The minimum Gasteiger partial charge on any atom is -0.482 e. The summed E-state index contributed by atoms with van der Waals surface area (Å²) >= 11 is 3.54. The number of anilines is 1. The molecule has 0 fully saturated rings. The Kier molecular flexibility index (Phi) is 7.92. The summed E-state index contributed by atoms with van der Waals surface area (Å²) in [6.45, 7) is 9.85. The van der Waals surface area contributed by atoms with Crippen molar-refractivity contribution in [2.45, 2.75) is 40.5 Å². The fourth-order valence-electron chi connectivity index (χ4n) is 3.37. The lowest BCUT2D eigenvalue weighted by Crippen LogP contribution is -2.18. The molecule has 3 aromatic rings. The molecule has 5 nitrogen and oxygen atoms in total. The van der Waals surface area contributed by atoms with Gasteiger partial charge < -0.3 is 14.8 Å². The number of amides is 1. The van der Waals surface area contributed by atoms with Crippen LogP contribution >= 0.6 is 15.9 Å². The predicted octanol–water partition coefficient (Wildman–Crippen LogP) is 6.73. The van der Waals surface area contributed by atoms with Crippen LogP contribution in [-0.2, 0) is 4.79 Å². The zero-order valence-corrected chi connectivity index (χ0v) is 21.1. The molecule has 0 radical (unpaired) electrons. The van der Waals surface area contributed by atoms with Crippen LogP contribution in [0.2, 0.25) is 0 Å². The molecule has 172 valence electrons. The number of ether oxygens (including phenoxy) is 2. The number of rotatable bonds is 7. The molecule has 0 unspecified atom stereocenters. The Hall–Kier alpha value is -3.12. The van der Waals surface area contributed by atoms with Crippen molar-refractivity contribution >= 4 is 33.5 Å². The van der Waals surface area contributed by atoms with Gasteiger partial charge in [-0.05, 0) is 85.8 Å². The summed E-state index contributed by atoms with van der Waals surface area (Å²) in [5.41, 5.74) is 5.41. The summed E-state index contributed by atoms with van der Waals surface area (Å²) in [6, 6.07) is 16.2. The lowest BCUT2D eigenvalue weighted by Gasteiger charge is -2.15. The van der Waals surface area contributed by atoms with E-state index in [4.69, 9.17) is 9.47 Å². The lowest BCUT2D eigenvalue weighted by molar-refractivity contribution is -0.136. The van der Waals surface area contributed by atoms with E-state index in [1.165, 1.54) is 0 Å². The van der Waals surface area contributed by atoms with Crippen molar-refractivity contribution in [3.63, 3.8) is 0 Å². The van der Waals surface area contributed by atoms with Gasteiger partial charge in [0, 0.05) is 15.7 Å². The standard InChI is InChI=1S/C27H28BrNO4/c1-16(2)22-14-23(28)18(4)13-25(22)32-15-26(30)33-21-9-7-20(8-10-21)27(31)29-24-11-6-17(3)12-19(24)5/h6-14,16H,15H2,1-5H3,(H,29,31). The maximum Gasteiger partial charge on any atom is 0.349 e. The van der Waals surface area contributed by atoms with Crippen LogP contribution in [-0.4, -0.2) is 18.5 Å². The summed E-state index contributed by atoms with van der Waals surface area (Å²) in [5.74, 6) is 0.520. The third-order valence-corrected chi connectivity index (χ3v) is 6.09. The van der Waals surface area contributed by atoms with E-state index in [0.29, 0.717) is 17.1 Å². The molecular weight excluding hydrogens is 482 g/mol. The van der Waals surface area contributed by atoms with Crippen molar-refractivity contribution in [2.75, 3.05) is 11.9 Å². The Morgan fingerprint density at radius 3 is 2.27 bits per heavy atom. The Labute approximate surface area is 203 Å². The van der Waals surface area contributed by atoms with Gasteiger partial charge in [0.05, 0.1) is 0 Å². The van der Waals surface area contributed by atoms with Crippen LogP contribution in [0.3, 0.4) is 0 Å². The number of nitrogens with one attached hydrogen (secondary N) is 1. The molecule has 0 aliphatic heterocycles. The molecule has 0 aromatic heterocycles. The van der Waals surface area contributed by atoms with Gasteiger partial charge in [0.25, 0.3) is 5.91 Å². The first-order chi connectivity index (χ1) is 15.6. The normalized spacial score (nSPS) is 10.8. The summed E-state index contributed by atoms with van der Waals surface area (Å²) in [7, 11) is 0. The molecule has 0 saturated heterocycles. The van der Waals surface area contributed by atoms with Crippen molar-refractivity contribution in [3.8, 4) is 11.5 Å². The van der Waals surface area contributed by atoms with Crippen LogP contribution in [0, 0.1) is 20.8 Å². The average molecular weight is 510 g/mol. The van der Waals surface area contributed by atoms with E-state index in [2.05, 4.69) is 35.1 Å². The summed E-state index contributed by atoms with van der Waals surface area (Å²) in [4.78, 5) is 24.8. The number of carbonyl (C=O) groups excluding carboxylic acids is 2. The van der Waals surface area contributed by atoms with Gasteiger partial charge in [-0.25, -0.2) is 4.79 Å². The van der Waals surface area contributed by atoms with Gasteiger partial charge in [0.2, 0.25) is 0 Å². The molecule has 0 bridgehead atoms. The summed E-state index contributed by atoms with van der Waals surface area (Å²) < 4.78 is 12.1. The average Bonchev–Trinajstić information content (AvgIpc) is 2.76. The van der Waals surface area contributed by atoms with Crippen LogP contribution in [0.1, 0.15) is 52.4 Å². The molecule has 0 aliphatic rings. The lowest BCUT2D eigenvalue weighted by atomic mass is 10.0. The fraction of sp³-hybridized carbons (Fsp3) is 0.259. The SMILES string of the molecule is Cc1ccc(NC(=O)c2ccc(OC(=O)COc3cc(C)c(Br)cc3C(C)C)cc2)c(C)c1. The molecule has 1 N–H and O–H groups in total. The minimum atomic E-state index is -0.516. The maximum absolute atomic E-state index is 12.5. The second-order valence-corrected chi connectivity index (χ2v) is 9.21. The number of hydrogen-bond acceptors (Lipinski definition) is 4. The Bertz CT molecular complexity index is 1170. The number of hydrogen-bond donors (Lipinski definition) is 1. The van der Waals surface area contributed by atoms with Crippen molar-refractivity contribution in [3.05, 3.63) is 86.9 Å². The van der Waals surface area contributed by atoms with E-state index in [1.54, 1.807) is 24.3 Å². The first-order valence-corrected chi connectivity index (χ1v) is 11.6. The number of halogens is 1. The third kappa shape index (κ3) is 6.45. The Balaban J connectivity index is 1.59. The van der Waals surface area contributed by atoms with Gasteiger partial charge in [0.1, 0.15) is 11.5 Å². The molecule has 3 rings (SSSR count). The van der Waals surface area contributed by atoms with Gasteiger partial charge in [-0.3, -0.25) is 4.79 Å². The minimum absolute atomic E-state index is 0.213. The molecule has 1 amide bonds. The zero-order valence-electron chi connectivity index (χ0n) is 19.5.